The quantitative estimate of drug-likeness (QED) is 0.132. The Balaban J connectivity index is 1.50. The molecule has 0 amide bonds. The second kappa shape index (κ2) is 20.0. The molecule has 85 heavy (non-hydrogen) atoms. The van der Waals surface area contributed by atoms with Gasteiger partial charge in [-0.2, -0.15) is 0 Å². The first-order valence-electron chi connectivity index (χ1n) is 30.4. The van der Waals surface area contributed by atoms with Crippen LogP contribution in [0.4, 0.5) is 0 Å². The Labute approximate surface area is 517 Å². The van der Waals surface area contributed by atoms with Crippen molar-refractivity contribution in [3.63, 3.8) is 0 Å². The van der Waals surface area contributed by atoms with Gasteiger partial charge in [-0.05, 0) is 0 Å². The molecule has 9 heteroatoms. The van der Waals surface area contributed by atoms with Crippen LogP contribution in [0, 0.1) is 0 Å². The predicted molar refractivity (Wildman–Crippen MR) is 357 cm³/mol. The molecule has 0 atom stereocenters. The molecule has 8 nitrogen and oxygen atoms in total. The molecule has 6 bridgehead atoms. The van der Waals surface area contributed by atoms with E-state index in [0.717, 1.165) is 134 Å². The van der Waals surface area contributed by atoms with E-state index >= 15 is 0 Å². The van der Waals surface area contributed by atoms with E-state index in [9.17, 15) is 20.4 Å². The van der Waals surface area contributed by atoms with Crippen LogP contribution in [0.3, 0.4) is 0 Å². The molecule has 10 rings (SSSR count). The first kappa shape index (κ1) is 61.6. The number of rotatable bonds is 4. The first-order valence-corrected chi connectivity index (χ1v) is 32.9. The van der Waals surface area contributed by atoms with Crippen LogP contribution in [-0.4, -0.2) is 59.1 Å². The van der Waals surface area contributed by atoms with Crippen molar-refractivity contribution in [3.8, 4) is 23.0 Å². The zero-order chi connectivity index (χ0) is 62.8. The van der Waals surface area contributed by atoms with E-state index in [1.54, 1.807) is 0 Å². The van der Waals surface area contributed by atoms with Crippen LogP contribution < -0.4 is 10.7 Å². The zero-order valence-electron chi connectivity index (χ0n) is 55.3. The SMILES string of the molecule is CC(C)(C)c1cc(C2=C3C=CC(=N3)C(c3cc(C(C)(C)C)c(O)c(C(C)(C)C)c3)=c3ccc4[n]3[Sn][n]3c2ccc3C(c2cc(C(C)(C)C)c(O)c(C(C)(C)C)c2)=C2C=CC(=N2)C=4c2cc(C(C)(C)C)c(O)c(C(C)(C)C)c2)cc(C(C)(C)C)c1O. The van der Waals surface area contributed by atoms with Crippen LogP contribution in [0.25, 0.3) is 22.3 Å². The maximum atomic E-state index is 12.4. The third-order valence-electron chi connectivity index (χ3n) is 17.3. The second-order valence-corrected chi connectivity index (χ2v) is 35.7. The standard InChI is InChI=1S/C76H92N4O4.Sn/c1-69(2,3)45-33-41(34-46(65(45)81)70(4,5)6)61-53-25-27-55(77-53)62(42-35-47(71(7,8)9)66(82)48(36-42)72(10,11)12)57-29-31-59(79-57)64(44-39-51(75(19,20)21)68(84)52(40-44)76(22,23)24)60-32-30-58(80-60)63(56-28-26-54(61)78-56)43-37-49(73(13,14)15)67(83)50(38-43)74(16,17)18;/h25-40H,1-24H3,(H4-2,77,78,79,80,81,82,83,84);/q-2;+2. The van der Waals surface area contributed by atoms with Gasteiger partial charge in [-0.15, -0.1) is 0 Å². The number of aliphatic imine (C=N–C) groups is 2. The molecule has 4 aromatic carbocycles. The average Bonchev–Trinajstić information content (AvgIpc) is 2.24. The minimum absolute atomic E-state index is 0.316. The van der Waals surface area contributed by atoms with Gasteiger partial charge in [0.15, 0.2) is 0 Å². The molecule has 0 saturated carbocycles. The van der Waals surface area contributed by atoms with Crippen LogP contribution in [0.2, 0.25) is 0 Å². The van der Waals surface area contributed by atoms with Crippen molar-refractivity contribution < 1.29 is 20.4 Å². The topological polar surface area (TPSA) is 116 Å². The summed E-state index contributed by atoms with van der Waals surface area (Å²) in [5.74, 6) is 1.26. The number of fused-ring (bicyclic) bond motifs is 2. The van der Waals surface area contributed by atoms with Crippen molar-refractivity contribution in [3.05, 3.63) is 197 Å². The van der Waals surface area contributed by atoms with Gasteiger partial charge in [0, 0.05) is 0 Å². The number of nitrogens with zero attached hydrogens (tertiary/aromatic N) is 4. The van der Waals surface area contributed by atoms with Crippen molar-refractivity contribution in [2.75, 3.05) is 0 Å². The Morgan fingerprint density at radius 3 is 0.741 bits per heavy atom. The number of phenolic OH excluding ortho intramolecular Hbond substituents is 4. The summed E-state index contributed by atoms with van der Waals surface area (Å²) in [6, 6.07) is 26.7. The molecule has 4 N–H and O–H groups in total. The molecule has 6 aromatic rings. The fraction of sp³-hybridized carbons (Fsp3) is 0.421. The summed E-state index contributed by atoms with van der Waals surface area (Å²) >= 11 is -2.29. The van der Waals surface area contributed by atoms with E-state index in [1.807, 2.05) is 0 Å². The fourth-order valence-electron chi connectivity index (χ4n) is 12.6. The Bertz CT molecular complexity index is 3770. The van der Waals surface area contributed by atoms with Gasteiger partial charge in [0.1, 0.15) is 0 Å². The van der Waals surface area contributed by atoms with E-state index in [0.29, 0.717) is 23.0 Å². The van der Waals surface area contributed by atoms with Gasteiger partial charge in [-0.1, -0.05) is 0 Å². The van der Waals surface area contributed by atoms with Gasteiger partial charge in [0.25, 0.3) is 0 Å². The molecule has 2 radical (unpaired) electrons. The number of aromatic nitrogens is 2. The molecule has 2 aromatic heterocycles. The predicted octanol–water partition coefficient (Wildman–Crippen LogP) is 16.4. The molecule has 0 unspecified atom stereocenters. The molecule has 4 aliphatic rings. The number of phenols is 4. The average molecular weight is 1240 g/mol. The molecule has 0 spiro atoms. The van der Waals surface area contributed by atoms with Crippen molar-refractivity contribution in [2.45, 2.75) is 209 Å². The number of aromatic hydroxyl groups is 4. The van der Waals surface area contributed by atoms with Crippen molar-refractivity contribution in [2.24, 2.45) is 9.98 Å². The molecule has 4 aliphatic heterocycles. The van der Waals surface area contributed by atoms with Crippen molar-refractivity contribution in [1.82, 2.24) is 5.58 Å². The van der Waals surface area contributed by atoms with Crippen molar-refractivity contribution >= 4 is 55.4 Å². The van der Waals surface area contributed by atoms with Gasteiger partial charge in [-0.3, -0.25) is 0 Å². The van der Waals surface area contributed by atoms with Crippen LogP contribution in [0.5, 0.6) is 23.0 Å². The van der Waals surface area contributed by atoms with Crippen LogP contribution in [0.1, 0.15) is 244 Å². The van der Waals surface area contributed by atoms with E-state index in [2.05, 4.69) is 269 Å². The summed E-state index contributed by atoms with van der Waals surface area (Å²) in [5, 5.41) is 51.5. The van der Waals surface area contributed by atoms with Gasteiger partial charge < -0.3 is 0 Å². The molecule has 6 heterocycles. The molecular formula is C76H92N4O4Sn. The van der Waals surface area contributed by atoms with Gasteiger partial charge in [0.05, 0.1) is 0 Å². The van der Waals surface area contributed by atoms with E-state index < -0.39 is 65.0 Å². The zero-order valence-corrected chi connectivity index (χ0v) is 58.2. The van der Waals surface area contributed by atoms with E-state index in [1.165, 1.54) is 0 Å². The van der Waals surface area contributed by atoms with Gasteiger partial charge >= 0.3 is 521 Å². The number of allylic oxidation sites excluding steroid dienone is 4. The number of hydrogen-bond acceptors (Lipinski definition) is 6. The minimum atomic E-state index is -2.29. The number of hydrogen-bond donors (Lipinski definition) is 4. The summed E-state index contributed by atoms with van der Waals surface area (Å²) in [6.45, 7) is 52.1. The Morgan fingerprint density at radius 2 is 0.518 bits per heavy atom. The number of benzene rings is 4. The fourth-order valence-corrected chi connectivity index (χ4v) is 16.6. The van der Waals surface area contributed by atoms with Crippen LogP contribution >= 0.6 is 0 Å². The maximum absolute atomic E-state index is 12.4. The van der Waals surface area contributed by atoms with Crippen molar-refractivity contribution in [1.29, 1.82) is 0 Å². The summed E-state index contributed by atoms with van der Waals surface area (Å²) in [7, 11) is 0. The van der Waals surface area contributed by atoms with E-state index in [4.69, 9.17) is 9.98 Å². The van der Waals surface area contributed by atoms with Gasteiger partial charge in [0.2, 0.25) is 0 Å². The third-order valence-corrected chi connectivity index (χ3v) is 21.2. The van der Waals surface area contributed by atoms with Crippen LogP contribution in [-0.2, 0) is 43.3 Å². The van der Waals surface area contributed by atoms with E-state index in [-0.39, 0.29) is 0 Å². The van der Waals surface area contributed by atoms with Gasteiger partial charge in [-0.25, -0.2) is 0 Å². The Morgan fingerprint density at radius 1 is 0.294 bits per heavy atom. The Hall–Kier alpha value is -6.52. The summed E-state index contributed by atoms with van der Waals surface area (Å²) in [6.07, 6.45) is 8.71. The second-order valence-electron chi connectivity index (χ2n) is 32.6. The first-order chi connectivity index (χ1) is 38.9. The molecule has 0 saturated heterocycles. The third kappa shape index (κ3) is 10.9. The molecular weight excluding hydrogens is 1150 g/mol. The normalized spacial score (nSPS) is 16.0. The molecule has 0 aliphatic carbocycles. The summed E-state index contributed by atoms with van der Waals surface area (Å²) < 4.78 is 5.23. The van der Waals surface area contributed by atoms with Crippen LogP contribution in [0.15, 0.2) is 118 Å². The molecule has 0 fully saturated rings. The molecule has 444 valence electrons. The Kier molecular flexibility index (Phi) is 14.5. The monoisotopic (exact) mass is 1240 g/mol. The summed E-state index contributed by atoms with van der Waals surface area (Å²) in [5.41, 5.74) is 16.5. The summed E-state index contributed by atoms with van der Waals surface area (Å²) in [4.78, 5) is 11.7.